The molecule has 3 saturated heterocycles. The van der Waals surface area contributed by atoms with E-state index in [2.05, 4.69) is 44.4 Å². The number of piperidine rings is 1. The summed E-state index contributed by atoms with van der Waals surface area (Å²) in [5.74, 6) is 0.794. The van der Waals surface area contributed by atoms with Crippen molar-refractivity contribution in [2.24, 2.45) is 22.1 Å². The normalized spacial score (nSPS) is 27.7. The van der Waals surface area contributed by atoms with E-state index >= 15 is 0 Å². The summed E-state index contributed by atoms with van der Waals surface area (Å²) in [6.07, 6.45) is 4.30. The molecule has 0 radical (unpaired) electrons. The van der Waals surface area contributed by atoms with Crippen LogP contribution in [0.3, 0.4) is 0 Å². The van der Waals surface area contributed by atoms with E-state index in [1.165, 1.54) is 17.5 Å². The zero-order valence-electron chi connectivity index (χ0n) is 18.1. The molecule has 3 N–H and O–H groups in total. The smallest absolute Gasteiger partial charge is 0.221 e. The van der Waals surface area contributed by atoms with Crippen LogP contribution in [0.2, 0.25) is 0 Å². The molecule has 30 heavy (non-hydrogen) atoms. The highest BCUT2D eigenvalue weighted by Crippen LogP contribution is 2.38. The minimum absolute atomic E-state index is 0.0130. The lowest BCUT2D eigenvalue weighted by Gasteiger charge is -2.31. The maximum atomic E-state index is 11.5. The third kappa shape index (κ3) is 4.95. The van der Waals surface area contributed by atoms with Gasteiger partial charge in [-0.1, -0.05) is 24.3 Å². The first-order chi connectivity index (χ1) is 14.6. The van der Waals surface area contributed by atoms with Gasteiger partial charge in [-0.25, -0.2) is 0 Å². The van der Waals surface area contributed by atoms with Crippen LogP contribution < -0.4 is 11.1 Å². The zero-order chi connectivity index (χ0) is 21.0. The number of hydrogen-bond donors (Lipinski definition) is 2. The number of rotatable bonds is 5. The third-order valence-electron chi connectivity index (χ3n) is 6.89. The molecule has 7 heteroatoms. The van der Waals surface area contributed by atoms with E-state index in [1.54, 1.807) is 0 Å². The maximum Gasteiger partial charge on any atom is 0.221 e. The molecule has 1 aromatic carbocycles. The molecule has 0 aromatic heterocycles. The Morgan fingerprint density at radius 2 is 2.20 bits per heavy atom. The summed E-state index contributed by atoms with van der Waals surface area (Å²) < 4.78 is 5.65. The van der Waals surface area contributed by atoms with Crippen LogP contribution in [0.15, 0.2) is 29.3 Å². The Balaban J connectivity index is 1.31. The Bertz CT molecular complexity index is 775. The van der Waals surface area contributed by atoms with Crippen molar-refractivity contribution in [3.05, 3.63) is 35.4 Å². The Kier molecular flexibility index (Phi) is 6.58. The van der Waals surface area contributed by atoms with Crippen LogP contribution in [0.1, 0.15) is 36.8 Å². The topological polar surface area (TPSA) is 83.2 Å². The van der Waals surface area contributed by atoms with Crippen molar-refractivity contribution in [1.29, 1.82) is 0 Å². The number of hydrogen-bond acceptors (Lipinski definition) is 4. The molecular weight excluding hydrogens is 378 g/mol. The summed E-state index contributed by atoms with van der Waals surface area (Å²) >= 11 is 0. The number of amides is 1. The van der Waals surface area contributed by atoms with Crippen molar-refractivity contribution in [3.8, 4) is 0 Å². The van der Waals surface area contributed by atoms with E-state index in [-0.39, 0.29) is 11.8 Å². The predicted molar refractivity (Wildman–Crippen MR) is 118 cm³/mol. The highest BCUT2D eigenvalue weighted by atomic mass is 16.5. The zero-order valence-corrected chi connectivity index (χ0v) is 18.1. The average molecular weight is 414 g/mol. The van der Waals surface area contributed by atoms with Gasteiger partial charge in [0.15, 0.2) is 5.96 Å². The van der Waals surface area contributed by atoms with Crippen LogP contribution in [0.4, 0.5) is 0 Å². The number of primary amides is 1. The van der Waals surface area contributed by atoms with Crippen molar-refractivity contribution in [2.45, 2.75) is 38.8 Å². The lowest BCUT2D eigenvalue weighted by Crippen LogP contribution is -2.41. The molecule has 0 aliphatic carbocycles. The molecule has 3 aliphatic rings. The van der Waals surface area contributed by atoms with Gasteiger partial charge in [-0.2, -0.15) is 0 Å². The van der Waals surface area contributed by atoms with Gasteiger partial charge in [-0.05, 0) is 43.4 Å². The van der Waals surface area contributed by atoms with Gasteiger partial charge in [-0.15, -0.1) is 0 Å². The van der Waals surface area contributed by atoms with E-state index in [4.69, 9.17) is 10.5 Å². The van der Waals surface area contributed by atoms with Gasteiger partial charge < -0.3 is 20.7 Å². The fourth-order valence-corrected chi connectivity index (χ4v) is 5.13. The molecule has 164 valence electrons. The van der Waals surface area contributed by atoms with Crippen molar-refractivity contribution in [1.82, 2.24) is 15.1 Å². The van der Waals surface area contributed by atoms with Gasteiger partial charge >= 0.3 is 0 Å². The molecule has 0 saturated carbocycles. The fraction of sp³-hybridized carbons (Fsp3) is 0.652. The Labute approximate surface area is 179 Å². The van der Waals surface area contributed by atoms with Gasteiger partial charge in [0.2, 0.25) is 5.91 Å². The number of guanidine groups is 1. The fourth-order valence-electron chi connectivity index (χ4n) is 5.13. The van der Waals surface area contributed by atoms with Crippen LogP contribution >= 0.6 is 0 Å². The molecule has 1 aromatic rings. The molecule has 1 spiro atoms. The number of benzene rings is 1. The number of likely N-dealkylation sites (tertiary alicyclic amines) is 2. The van der Waals surface area contributed by atoms with Gasteiger partial charge in [0.25, 0.3) is 0 Å². The first-order valence-electron chi connectivity index (χ1n) is 11.2. The second-order valence-electron chi connectivity index (χ2n) is 9.17. The van der Waals surface area contributed by atoms with E-state index in [9.17, 15) is 4.79 Å². The summed E-state index contributed by atoms with van der Waals surface area (Å²) in [7, 11) is 1.86. The summed E-state index contributed by atoms with van der Waals surface area (Å²) in [5, 5.41) is 3.55. The number of carbonyl (C=O) groups is 1. The summed E-state index contributed by atoms with van der Waals surface area (Å²) in [6.45, 7) is 7.26. The Morgan fingerprint density at radius 3 is 2.97 bits per heavy atom. The number of aliphatic imine (C=N–C) groups is 1. The number of nitrogens with zero attached hydrogens (tertiary/aromatic N) is 3. The molecular formula is C23H35N5O2. The lowest BCUT2D eigenvalue weighted by atomic mass is 9.87. The lowest BCUT2D eigenvalue weighted by molar-refractivity contribution is -0.123. The molecule has 3 heterocycles. The monoisotopic (exact) mass is 413 g/mol. The largest absolute Gasteiger partial charge is 0.381 e. The molecule has 1 amide bonds. The van der Waals surface area contributed by atoms with Crippen molar-refractivity contribution < 1.29 is 9.53 Å². The van der Waals surface area contributed by atoms with Gasteiger partial charge in [0.1, 0.15) is 0 Å². The third-order valence-corrected chi connectivity index (χ3v) is 6.89. The van der Waals surface area contributed by atoms with Crippen LogP contribution in [-0.4, -0.2) is 68.1 Å². The Hall–Kier alpha value is -2.12. The van der Waals surface area contributed by atoms with E-state index in [1.807, 2.05) is 7.05 Å². The second kappa shape index (κ2) is 9.35. The molecule has 3 fully saturated rings. The number of nitrogens with one attached hydrogen (secondary N) is 1. The average Bonchev–Trinajstić information content (AvgIpc) is 3.39. The maximum absolute atomic E-state index is 11.5. The van der Waals surface area contributed by atoms with Crippen molar-refractivity contribution in [2.75, 3.05) is 46.4 Å². The molecule has 4 rings (SSSR count). The van der Waals surface area contributed by atoms with Crippen LogP contribution in [-0.2, 0) is 22.6 Å². The molecule has 3 aliphatic heterocycles. The molecule has 2 unspecified atom stereocenters. The van der Waals surface area contributed by atoms with Crippen molar-refractivity contribution >= 4 is 11.9 Å². The second-order valence-corrected chi connectivity index (χ2v) is 9.17. The quantitative estimate of drug-likeness (QED) is 0.566. The molecule has 7 nitrogen and oxygen atoms in total. The highest BCUT2D eigenvalue weighted by Gasteiger charge is 2.42. The highest BCUT2D eigenvalue weighted by molar-refractivity contribution is 5.80. The SMILES string of the molecule is CN=C(NCc1cccc(CN2CCCC(C(N)=O)C2)c1)N1CCC2(CCOC2)C1. The van der Waals surface area contributed by atoms with Crippen LogP contribution in [0.5, 0.6) is 0 Å². The molecule has 2 atom stereocenters. The number of carbonyl (C=O) groups excluding carboxylic acids is 1. The van der Waals surface area contributed by atoms with Crippen LogP contribution in [0.25, 0.3) is 0 Å². The Morgan fingerprint density at radius 1 is 1.33 bits per heavy atom. The summed E-state index contributed by atoms with van der Waals surface area (Å²) in [4.78, 5) is 20.8. The predicted octanol–water partition coefficient (Wildman–Crippen LogP) is 1.57. The summed E-state index contributed by atoms with van der Waals surface area (Å²) in [5.41, 5.74) is 8.37. The van der Waals surface area contributed by atoms with Gasteiger partial charge in [0.05, 0.1) is 12.5 Å². The molecule has 0 bridgehead atoms. The minimum atomic E-state index is -0.170. The minimum Gasteiger partial charge on any atom is -0.381 e. The van der Waals surface area contributed by atoms with Crippen LogP contribution in [0, 0.1) is 11.3 Å². The van der Waals surface area contributed by atoms with E-state index in [0.717, 1.165) is 77.7 Å². The summed E-state index contributed by atoms with van der Waals surface area (Å²) in [6, 6.07) is 8.69. The first-order valence-corrected chi connectivity index (χ1v) is 11.2. The van der Waals surface area contributed by atoms with E-state index < -0.39 is 0 Å². The van der Waals surface area contributed by atoms with Gasteiger partial charge in [0, 0.05) is 51.8 Å². The number of ether oxygens (including phenoxy) is 1. The standard InChI is InChI=1S/C23H35N5O2/c1-25-22(28-10-7-23(16-28)8-11-30-17-23)26-13-18-4-2-5-19(12-18)14-27-9-3-6-20(15-27)21(24)29/h2,4-5,12,20H,3,6-11,13-17H2,1H3,(H2,24,29)(H,25,26). The van der Waals surface area contributed by atoms with E-state index in [0.29, 0.717) is 5.41 Å². The van der Waals surface area contributed by atoms with Crippen molar-refractivity contribution in [3.63, 3.8) is 0 Å². The first kappa shape index (κ1) is 21.1. The van der Waals surface area contributed by atoms with Gasteiger partial charge in [-0.3, -0.25) is 14.7 Å². The number of nitrogens with two attached hydrogens (primary N) is 1.